The molecule has 0 aliphatic carbocycles. The lowest BCUT2D eigenvalue weighted by atomic mass is 9.98. The summed E-state index contributed by atoms with van der Waals surface area (Å²) in [6, 6.07) is 3.30. The van der Waals surface area contributed by atoms with Crippen molar-refractivity contribution in [2.45, 2.75) is 38.2 Å². The van der Waals surface area contributed by atoms with Gasteiger partial charge in [-0.2, -0.15) is 4.31 Å². The number of nitrogens with zero attached hydrogens (tertiary/aromatic N) is 1. The van der Waals surface area contributed by atoms with Crippen LogP contribution in [0.3, 0.4) is 0 Å². The standard InChI is InChI=1S/C14H22N2O3S/c1-9-4-5-16(8-13(9)17)20(18,19)14-7-11(3)10(2)6-12(14)15/h6-7,9,13,17H,4-5,8,15H2,1-3H3. The SMILES string of the molecule is Cc1cc(N)c(S(=O)(=O)N2CCC(C)C(O)C2)cc1C. The van der Waals surface area contributed by atoms with Gasteiger partial charge >= 0.3 is 0 Å². The molecule has 0 bridgehead atoms. The van der Waals surface area contributed by atoms with E-state index in [9.17, 15) is 13.5 Å². The number of nitrogens with two attached hydrogens (primary N) is 1. The molecule has 2 atom stereocenters. The quantitative estimate of drug-likeness (QED) is 0.806. The first-order valence-electron chi connectivity index (χ1n) is 6.78. The molecule has 1 aromatic carbocycles. The lowest BCUT2D eigenvalue weighted by molar-refractivity contribution is 0.0605. The maximum Gasteiger partial charge on any atom is 0.245 e. The Morgan fingerprint density at radius 1 is 1.30 bits per heavy atom. The van der Waals surface area contributed by atoms with Crippen LogP contribution in [0.4, 0.5) is 5.69 Å². The van der Waals surface area contributed by atoms with Gasteiger partial charge in [-0.3, -0.25) is 0 Å². The summed E-state index contributed by atoms with van der Waals surface area (Å²) in [4.78, 5) is 0.141. The van der Waals surface area contributed by atoms with E-state index in [4.69, 9.17) is 5.73 Å². The van der Waals surface area contributed by atoms with Crippen LogP contribution in [0.15, 0.2) is 17.0 Å². The van der Waals surface area contributed by atoms with Gasteiger partial charge < -0.3 is 10.8 Å². The van der Waals surface area contributed by atoms with Gasteiger partial charge in [-0.15, -0.1) is 0 Å². The Balaban J connectivity index is 2.38. The highest BCUT2D eigenvalue weighted by Crippen LogP contribution is 2.28. The topological polar surface area (TPSA) is 83.6 Å². The van der Waals surface area contributed by atoms with Crippen molar-refractivity contribution >= 4 is 15.7 Å². The average Bonchev–Trinajstić information content (AvgIpc) is 2.36. The van der Waals surface area contributed by atoms with E-state index in [1.165, 1.54) is 4.31 Å². The van der Waals surface area contributed by atoms with E-state index in [2.05, 4.69) is 0 Å². The van der Waals surface area contributed by atoms with E-state index in [0.717, 1.165) is 11.1 Å². The molecule has 0 spiro atoms. The number of aryl methyl sites for hydroxylation is 2. The van der Waals surface area contributed by atoms with Crippen LogP contribution in [0.2, 0.25) is 0 Å². The van der Waals surface area contributed by atoms with Gasteiger partial charge in [-0.1, -0.05) is 6.92 Å². The highest BCUT2D eigenvalue weighted by Gasteiger charge is 2.33. The number of nitrogen functional groups attached to an aromatic ring is 1. The predicted octanol–water partition coefficient (Wildman–Crippen LogP) is 1.28. The maximum atomic E-state index is 12.7. The van der Waals surface area contributed by atoms with Crippen molar-refractivity contribution in [3.63, 3.8) is 0 Å². The van der Waals surface area contributed by atoms with E-state index in [1.807, 2.05) is 20.8 Å². The van der Waals surface area contributed by atoms with Gasteiger partial charge in [0, 0.05) is 13.1 Å². The molecule has 1 aromatic rings. The minimum absolute atomic E-state index is 0.124. The first kappa shape index (κ1) is 15.3. The van der Waals surface area contributed by atoms with Crippen LogP contribution in [0.5, 0.6) is 0 Å². The number of anilines is 1. The zero-order valence-corrected chi connectivity index (χ0v) is 12.9. The summed E-state index contributed by atoms with van der Waals surface area (Å²) in [5.74, 6) is 0.124. The van der Waals surface area contributed by atoms with Gasteiger partial charge in [0.15, 0.2) is 0 Å². The number of benzene rings is 1. The lowest BCUT2D eigenvalue weighted by Crippen LogP contribution is -2.45. The van der Waals surface area contributed by atoms with E-state index in [-0.39, 0.29) is 23.0 Å². The average molecular weight is 298 g/mol. The number of aliphatic hydroxyl groups excluding tert-OH is 1. The van der Waals surface area contributed by atoms with Crippen molar-refractivity contribution in [2.24, 2.45) is 5.92 Å². The second-order valence-corrected chi connectivity index (χ2v) is 7.58. The number of hydrogen-bond acceptors (Lipinski definition) is 4. The summed E-state index contributed by atoms with van der Waals surface area (Å²) in [6.07, 6.45) is 0.0387. The molecule has 2 unspecified atom stereocenters. The van der Waals surface area contributed by atoms with Crippen LogP contribution in [0.1, 0.15) is 24.5 Å². The van der Waals surface area contributed by atoms with E-state index < -0.39 is 16.1 Å². The molecule has 2 rings (SSSR count). The highest BCUT2D eigenvalue weighted by molar-refractivity contribution is 7.89. The summed E-state index contributed by atoms with van der Waals surface area (Å²) < 4.78 is 26.6. The molecule has 0 radical (unpaired) electrons. The fourth-order valence-electron chi connectivity index (χ4n) is 2.41. The summed E-state index contributed by atoms with van der Waals surface area (Å²) >= 11 is 0. The summed E-state index contributed by atoms with van der Waals surface area (Å²) in [5.41, 5.74) is 8.00. The second kappa shape index (κ2) is 5.35. The molecular formula is C14H22N2O3S. The number of β-amino-alcohol motifs (C(OH)–C–C–N with tert-alkyl or cyclic N) is 1. The molecule has 0 saturated carbocycles. The van der Waals surface area contributed by atoms with E-state index in [1.54, 1.807) is 12.1 Å². The fourth-order valence-corrected chi connectivity index (χ4v) is 4.07. The molecule has 5 nitrogen and oxygen atoms in total. The van der Waals surface area contributed by atoms with E-state index in [0.29, 0.717) is 13.0 Å². The van der Waals surface area contributed by atoms with Crippen LogP contribution < -0.4 is 5.73 Å². The van der Waals surface area contributed by atoms with Crippen LogP contribution in [0, 0.1) is 19.8 Å². The molecule has 1 heterocycles. The Hall–Kier alpha value is -1.11. The van der Waals surface area contributed by atoms with Gasteiger partial charge in [0.1, 0.15) is 4.90 Å². The van der Waals surface area contributed by atoms with Crippen molar-refractivity contribution in [2.75, 3.05) is 18.8 Å². The monoisotopic (exact) mass is 298 g/mol. The van der Waals surface area contributed by atoms with E-state index >= 15 is 0 Å². The second-order valence-electron chi connectivity index (χ2n) is 5.67. The first-order chi connectivity index (χ1) is 9.23. The highest BCUT2D eigenvalue weighted by atomic mass is 32.2. The van der Waals surface area contributed by atoms with Gasteiger partial charge in [0.25, 0.3) is 0 Å². The number of piperidine rings is 1. The normalized spacial score (nSPS) is 24.8. The summed E-state index contributed by atoms with van der Waals surface area (Å²) in [6.45, 7) is 6.25. The molecule has 1 saturated heterocycles. The summed E-state index contributed by atoms with van der Waals surface area (Å²) in [5, 5.41) is 9.89. The Morgan fingerprint density at radius 2 is 1.90 bits per heavy atom. The molecule has 3 N–H and O–H groups in total. The number of hydrogen-bond donors (Lipinski definition) is 2. The van der Waals surface area contributed by atoms with Crippen molar-refractivity contribution in [1.29, 1.82) is 0 Å². The Morgan fingerprint density at radius 3 is 2.50 bits per heavy atom. The molecule has 1 fully saturated rings. The number of aliphatic hydroxyl groups is 1. The third kappa shape index (κ3) is 2.68. The largest absolute Gasteiger partial charge is 0.398 e. The van der Waals surface area contributed by atoms with Crippen LogP contribution in [-0.2, 0) is 10.0 Å². The molecular weight excluding hydrogens is 276 g/mol. The zero-order valence-electron chi connectivity index (χ0n) is 12.1. The van der Waals surface area contributed by atoms with Crippen LogP contribution in [0.25, 0.3) is 0 Å². The minimum atomic E-state index is -3.64. The summed E-state index contributed by atoms with van der Waals surface area (Å²) in [7, 11) is -3.64. The fraction of sp³-hybridized carbons (Fsp3) is 0.571. The number of rotatable bonds is 2. The maximum absolute atomic E-state index is 12.7. The predicted molar refractivity (Wildman–Crippen MR) is 78.9 cm³/mol. The molecule has 1 aliphatic rings. The first-order valence-corrected chi connectivity index (χ1v) is 8.22. The Labute approximate surface area is 120 Å². The minimum Gasteiger partial charge on any atom is -0.398 e. The molecule has 112 valence electrons. The van der Waals surface area contributed by atoms with Gasteiger partial charge in [0.05, 0.1) is 11.8 Å². The zero-order chi connectivity index (χ0) is 15.1. The Bertz CT molecular complexity index is 613. The van der Waals surface area contributed by atoms with Crippen molar-refractivity contribution < 1.29 is 13.5 Å². The Kier molecular flexibility index (Phi) is 4.09. The van der Waals surface area contributed by atoms with Gasteiger partial charge in [-0.25, -0.2) is 8.42 Å². The smallest absolute Gasteiger partial charge is 0.245 e. The van der Waals surface area contributed by atoms with Gasteiger partial charge in [-0.05, 0) is 49.4 Å². The third-order valence-corrected chi connectivity index (χ3v) is 6.05. The third-order valence-electron chi connectivity index (χ3n) is 4.13. The molecule has 0 amide bonds. The number of sulfonamides is 1. The molecule has 6 heteroatoms. The van der Waals surface area contributed by atoms with Crippen molar-refractivity contribution in [3.05, 3.63) is 23.3 Å². The van der Waals surface area contributed by atoms with Crippen molar-refractivity contribution in [1.82, 2.24) is 4.31 Å². The van der Waals surface area contributed by atoms with Crippen LogP contribution in [-0.4, -0.2) is 37.0 Å². The van der Waals surface area contributed by atoms with Crippen molar-refractivity contribution in [3.8, 4) is 0 Å². The van der Waals surface area contributed by atoms with Gasteiger partial charge in [0.2, 0.25) is 10.0 Å². The molecule has 20 heavy (non-hydrogen) atoms. The van der Waals surface area contributed by atoms with Crippen LogP contribution >= 0.6 is 0 Å². The lowest BCUT2D eigenvalue weighted by Gasteiger charge is -2.33. The molecule has 0 aromatic heterocycles. The molecule has 1 aliphatic heterocycles.